The molecule has 1 amide bonds. The Labute approximate surface area is 126 Å². The van der Waals surface area contributed by atoms with Crippen molar-refractivity contribution in [3.8, 4) is 0 Å². The van der Waals surface area contributed by atoms with Gasteiger partial charge in [-0.3, -0.25) is 14.9 Å². The fourth-order valence-electron chi connectivity index (χ4n) is 2.35. The van der Waals surface area contributed by atoms with Crippen LogP contribution in [0.2, 0.25) is 0 Å². The van der Waals surface area contributed by atoms with E-state index >= 15 is 0 Å². The zero-order chi connectivity index (χ0) is 16.2. The van der Waals surface area contributed by atoms with Gasteiger partial charge in [0.1, 0.15) is 11.2 Å². The molecule has 8 nitrogen and oxygen atoms in total. The molecule has 1 aliphatic rings. The summed E-state index contributed by atoms with van der Waals surface area (Å²) >= 11 is 0. The predicted molar refractivity (Wildman–Crippen MR) is 78.6 cm³/mol. The SMILES string of the molecule is O=C(CCNc1ccccc1[N+](=O)[O-])NC1(C(=O)O)CCC1. The molecule has 1 aliphatic carbocycles. The van der Waals surface area contributed by atoms with Crippen LogP contribution in [-0.4, -0.2) is 34.0 Å². The lowest BCUT2D eigenvalue weighted by Gasteiger charge is -2.38. The average Bonchev–Trinajstić information content (AvgIpc) is 2.42. The van der Waals surface area contributed by atoms with Crippen molar-refractivity contribution in [3.05, 3.63) is 34.4 Å². The van der Waals surface area contributed by atoms with Gasteiger partial charge in [0, 0.05) is 19.0 Å². The number of hydrogen-bond acceptors (Lipinski definition) is 5. The van der Waals surface area contributed by atoms with Crippen molar-refractivity contribution in [2.45, 2.75) is 31.2 Å². The smallest absolute Gasteiger partial charge is 0.329 e. The summed E-state index contributed by atoms with van der Waals surface area (Å²) in [6.45, 7) is 0.187. The number of aliphatic carboxylic acids is 1. The summed E-state index contributed by atoms with van der Waals surface area (Å²) in [7, 11) is 0. The monoisotopic (exact) mass is 307 g/mol. The van der Waals surface area contributed by atoms with Crippen LogP contribution >= 0.6 is 0 Å². The van der Waals surface area contributed by atoms with Gasteiger partial charge in [-0.1, -0.05) is 12.1 Å². The second-order valence-electron chi connectivity index (χ2n) is 5.24. The first-order valence-electron chi connectivity index (χ1n) is 6.96. The van der Waals surface area contributed by atoms with E-state index in [2.05, 4.69) is 10.6 Å². The topological polar surface area (TPSA) is 122 Å². The Morgan fingerprint density at radius 2 is 2.00 bits per heavy atom. The van der Waals surface area contributed by atoms with Gasteiger partial charge in [0.25, 0.3) is 5.69 Å². The van der Waals surface area contributed by atoms with Gasteiger partial charge >= 0.3 is 5.97 Å². The molecule has 0 heterocycles. The molecule has 8 heteroatoms. The Morgan fingerprint density at radius 3 is 2.55 bits per heavy atom. The van der Waals surface area contributed by atoms with Crippen molar-refractivity contribution < 1.29 is 19.6 Å². The van der Waals surface area contributed by atoms with Crippen molar-refractivity contribution in [1.82, 2.24) is 5.32 Å². The normalized spacial score (nSPS) is 15.5. The number of carboxylic acids is 1. The van der Waals surface area contributed by atoms with Crippen molar-refractivity contribution in [1.29, 1.82) is 0 Å². The zero-order valence-electron chi connectivity index (χ0n) is 11.9. The molecule has 1 aromatic carbocycles. The maximum Gasteiger partial charge on any atom is 0.329 e. The van der Waals surface area contributed by atoms with Gasteiger partial charge in [0.05, 0.1) is 4.92 Å². The van der Waals surface area contributed by atoms with Gasteiger partial charge in [-0.15, -0.1) is 0 Å². The Bertz CT molecular complexity index is 598. The van der Waals surface area contributed by atoms with Gasteiger partial charge in [0.15, 0.2) is 0 Å². The molecule has 22 heavy (non-hydrogen) atoms. The highest BCUT2D eigenvalue weighted by Gasteiger charge is 2.45. The minimum atomic E-state index is -1.13. The largest absolute Gasteiger partial charge is 0.480 e. The lowest BCUT2D eigenvalue weighted by molar-refractivity contribution is -0.384. The number of amides is 1. The van der Waals surface area contributed by atoms with Crippen LogP contribution in [-0.2, 0) is 9.59 Å². The third kappa shape index (κ3) is 3.33. The number of carbonyl (C=O) groups is 2. The second-order valence-corrected chi connectivity index (χ2v) is 5.24. The number of nitrogens with zero attached hydrogens (tertiary/aromatic N) is 1. The minimum absolute atomic E-state index is 0.0427. The Hall–Kier alpha value is -2.64. The first-order valence-corrected chi connectivity index (χ1v) is 6.96. The second kappa shape index (κ2) is 6.42. The molecule has 0 aliphatic heterocycles. The van der Waals surface area contributed by atoms with Crippen molar-refractivity contribution in [2.75, 3.05) is 11.9 Å². The maximum absolute atomic E-state index is 11.8. The van der Waals surface area contributed by atoms with Crippen LogP contribution in [0.5, 0.6) is 0 Å². The van der Waals surface area contributed by atoms with Crippen LogP contribution in [0.25, 0.3) is 0 Å². The molecule has 0 radical (unpaired) electrons. The van der Waals surface area contributed by atoms with E-state index in [1.807, 2.05) is 0 Å². The minimum Gasteiger partial charge on any atom is -0.480 e. The zero-order valence-corrected chi connectivity index (χ0v) is 11.9. The molecular formula is C14H17N3O5. The molecule has 0 bridgehead atoms. The van der Waals surface area contributed by atoms with Crippen LogP contribution in [0, 0.1) is 10.1 Å². The molecule has 0 spiro atoms. The van der Waals surface area contributed by atoms with E-state index in [0.29, 0.717) is 18.5 Å². The lowest BCUT2D eigenvalue weighted by Crippen LogP contribution is -2.59. The van der Waals surface area contributed by atoms with Crippen LogP contribution in [0.1, 0.15) is 25.7 Å². The van der Waals surface area contributed by atoms with E-state index in [-0.39, 0.29) is 24.6 Å². The van der Waals surface area contributed by atoms with Crippen molar-refractivity contribution >= 4 is 23.3 Å². The fourth-order valence-corrected chi connectivity index (χ4v) is 2.35. The van der Waals surface area contributed by atoms with Gasteiger partial charge in [0.2, 0.25) is 5.91 Å². The van der Waals surface area contributed by atoms with Gasteiger partial charge in [-0.2, -0.15) is 0 Å². The molecule has 1 aromatic rings. The molecule has 3 N–H and O–H groups in total. The quantitative estimate of drug-likeness (QED) is 0.518. The van der Waals surface area contributed by atoms with Crippen LogP contribution in [0.15, 0.2) is 24.3 Å². The molecule has 2 rings (SSSR count). The summed E-state index contributed by atoms with van der Waals surface area (Å²) in [6.07, 6.45) is 1.69. The summed E-state index contributed by atoms with van der Waals surface area (Å²) < 4.78 is 0. The number of rotatable bonds is 7. The molecule has 0 saturated heterocycles. The number of nitrogens with one attached hydrogen (secondary N) is 2. The highest BCUT2D eigenvalue weighted by molar-refractivity contribution is 5.88. The van der Waals surface area contributed by atoms with Crippen LogP contribution < -0.4 is 10.6 Å². The standard InChI is InChI=1S/C14H17N3O5/c18-12(16-14(13(19)20)7-3-8-14)6-9-15-10-4-1-2-5-11(10)17(21)22/h1-2,4-5,15H,3,6-9H2,(H,16,18)(H,19,20). The molecular weight excluding hydrogens is 290 g/mol. The summed E-state index contributed by atoms with van der Waals surface area (Å²) in [6, 6.07) is 6.14. The number of carboxylic acid groups (broad SMARTS) is 1. The highest BCUT2D eigenvalue weighted by Crippen LogP contribution is 2.32. The number of anilines is 1. The Morgan fingerprint density at radius 1 is 1.32 bits per heavy atom. The van der Waals surface area contributed by atoms with Crippen molar-refractivity contribution in [3.63, 3.8) is 0 Å². The lowest BCUT2D eigenvalue weighted by atomic mass is 9.76. The van der Waals surface area contributed by atoms with E-state index in [0.717, 1.165) is 6.42 Å². The van der Waals surface area contributed by atoms with E-state index in [9.17, 15) is 19.7 Å². The number of benzene rings is 1. The number of nitro groups is 1. The first kappa shape index (κ1) is 15.7. The summed E-state index contributed by atoms with van der Waals surface area (Å²) in [5.74, 6) is -1.40. The number of para-hydroxylation sites is 2. The van der Waals surface area contributed by atoms with Gasteiger partial charge < -0.3 is 15.7 Å². The molecule has 1 saturated carbocycles. The average molecular weight is 307 g/mol. The number of hydrogen-bond donors (Lipinski definition) is 3. The maximum atomic E-state index is 11.8. The predicted octanol–water partition coefficient (Wildman–Crippen LogP) is 1.52. The van der Waals surface area contributed by atoms with E-state index < -0.39 is 16.4 Å². The molecule has 118 valence electrons. The number of carbonyl (C=O) groups excluding carboxylic acids is 1. The van der Waals surface area contributed by atoms with E-state index in [1.165, 1.54) is 6.07 Å². The summed E-state index contributed by atoms with van der Waals surface area (Å²) in [5, 5.41) is 25.3. The van der Waals surface area contributed by atoms with Crippen LogP contribution in [0.4, 0.5) is 11.4 Å². The van der Waals surface area contributed by atoms with E-state index in [1.54, 1.807) is 18.2 Å². The Kier molecular flexibility index (Phi) is 4.59. The summed E-state index contributed by atoms with van der Waals surface area (Å²) in [4.78, 5) is 33.3. The summed E-state index contributed by atoms with van der Waals surface area (Å²) in [5.41, 5.74) is -0.865. The van der Waals surface area contributed by atoms with Crippen molar-refractivity contribution in [2.24, 2.45) is 0 Å². The molecule has 0 aromatic heterocycles. The van der Waals surface area contributed by atoms with E-state index in [4.69, 9.17) is 5.11 Å². The third-order valence-electron chi connectivity index (χ3n) is 3.76. The molecule has 0 atom stereocenters. The molecule has 0 unspecified atom stereocenters. The fraction of sp³-hybridized carbons (Fsp3) is 0.429. The first-order chi connectivity index (χ1) is 10.4. The van der Waals surface area contributed by atoms with Crippen LogP contribution in [0.3, 0.4) is 0 Å². The van der Waals surface area contributed by atoms with Gasteiger partial charge in [-0.05, 0) is 25.3 Å². The molecule has 1 fully saturated rings. The Balaban J connectivity index is 1.85. The highest BCUT2D eigenvalue weighted by atomic mass is 16.6. The van der Waals surface area contributed by atoms with Gasteiger partial charge in [-0.25, -0.2) is 4.79 Å². The third-order valence-corrected chi connectivity index (χ3v) is 3.76. The number of nitro benzene ring substituents is 1.